The summed E-state index contributed by atoms with van der Waals surface area (Å²) in [5.74, 6) is 4.78. The van der Waals surface area contributed by atoms with Crippen molar-refractivity contribution in [3.05, 3.63) is 29.8 Å². The quantitative estimate of drug-likeness (QED) is 0.803. The molecule has 0 aromatic heterocycles. The highest BCUT2D eigenvalue weighted by Crippen LogP contribution is 2.34. The first-order valence-electron chi connectivity index (χ1n) is 7.90. The molecule has 1 aliphatic heterocycles. The maximum Gasteiger partial charge on any atom is 0.119 e. The van der Waals surface area contributed by atoms with Crippen molar-refractivity contribution >= 4 is 23.5 Å². The summed E-state index contributed by atoms with van der Waals surface area (Å²) in [5, 5.41) is 4.41. The number of hydrogen-bond acceptors (Lipinski definition) is 4. The van der Waals surface area contributed by atoms with E-state index < -0.39 is 0 Å². The SMILES string of the molecule is CCCNC(c1ccc(OC(C)C)cc1)C1CSCCS1. The average Bonchev–Trinajstić information content (AvgIpc) is 2.50. The number of thioether (sulfide) groups is 2. The molecule has 1 fully saturated rings. The molecule has 2 rings (SSSR count). The Morgan fingerprint density at radius 3 is 2.57 bits per heavy atom. The molecule has 0 aliphatic carbocycles. The van der Waals surface area contributed by atoms with Gasteiger partial charge < -0.3 is 10.1 Å². The third kappa shape index (κ3) is 5.42. The van der Waals surface area contributed by atoms with E-state index in [0.717, 1.165) is 12.3 Å². The van der Waals surface area contributed by atoms with E-state index in [1.54, 1.807) is 0 Å². The summed E-state index contributed by atoms with van der Waals surface area (Å²) in [6.45, 7) is 7.44. The molecule has 1 saturated heterocycles. The molecule has 2 nitrogen and oxygen atoms in total. The van der Waals surface area contributed by atoms with Crippen LogP contribution in [0.1, 0.15) is 38.8 Å². The van der Waals surface area contributed by atoms with Gasteiger partial charge in [0.2, 0.25) is 0 Å². The zero-order valence-electron chi connectivity index (χ0n) is 13.3. The predicted molar refractivity (Wildman–Crippen MR) is 96.8 cm³/mol. The van der Waals surface area contributed by atoms with Gasteiger partial charge in [0.15, 0.2) is 0 Å². The Labute approximate surface area is 137 Å². The molecule has 21 heavy (non-hydrogen) atoms. The van der Waals surface area contributed by atoms with Gasteiger partial charge in [-0.15, -0.1) is 0 Å². The van der Waals surface area contributed by atoms with E-state index >= 15 is 0 Å². The molecule has 1 aliphatic rings. The summed E-state index contributed by atoms with van der Waals surface area (Å²) in [7, 11) is 0. The molecule has 1 aromatic rings. The van der Waals surface area contributed by atoms with Crippen molar-refractivity contribution in [1.29, 1.82) is 0 Å². The fraction of sp³-hybridized carbons (Fsp3) is 0.647. The van der Waals surface area contributed by atoms with Gasteiger partial charge in [-0.2, -0.15) is 23.5 Å². The Balaban J connectivity index is 2.07. The molecule has 0 saturated carbocycles. The molecule has 1 aromatic carbocycles. The van der Waals surface area contributed by atoms with Crippen LogP contribution in [0.5, 0.6) is 5.75 Å². The van der Waals surface area contributed by atoms with Crippen LogP contribution in [0.4, 0.5) is 0 Å². The zero-order valence-corrected chi connectivity index (χ0v) is 14.9. The fourth-order valence-electron chi connectivity index (χ4n) is 2.49. The normalized spacial score (nSPS) is 20.5. The van der Waals surface area contributed by atoms with Crippen LogP contribution < -0.4 is 10.1 Å². The smallest absolute Gasteiger partial charge is 0.119 e. The second kappa shape index (κ2) is 8.96. The second-order valence-corrected chi connectivity index (χ2v) is 8.15. The van der Waals surface area contributed by atoms with E-state index in [2.05, 4.69) is 73.9 Å². The molecule has 0 radical (unpaired) electrons. The number of rotatable bonds is 7. The minimum Gasteiger partial charge on any atom is -0.491 e. The molecule has 0 amide bonds. The standard InChI is InChI=1S/C17H27NOS2/c1-4-9-18-17(16-12-20-10-11-21-16)14-5-7-15(8-6-14)19-13(2)3/h5-8,13,16-18H,4,9-12H2,1-3H3. The Hall–Kier alpha value is -0.320. The fourth-order valence-corrected chi connectivity index (χ4v) is 5.36. The molecule has 118 valence electrons. The van der Waals surface area contributed by atoms with Crippen molar-refractivity contribution in [2.75, 3.05) is 23.8 Å². The summed E-state index contributed by atoms with van der Waals surface area (Å²) in [4.78, 5) is 0. The zero-order chi connectivity index (χ0) is 15.1. The van der Waals surface area contributed by atoms with Crippen LogP contribution in [0.25, 0.3) is 0 Å². The Kier molecular flexibility index (Phi) is 7.27. The van der Waals surface area contributed by atoms with E-state index in [9.17, 15) is 0 Å². The molecule has 0 bridgehead atoms. The maximum absolute atomic E-state index is 5.75. The van der Waals surface area contributed by atoms with Crippen molar-refractivity contribution in [3.8, 4) is 5.75 Å². The average molecular weight is 326 g/mol. The first-order valence-corrected chi connectivity index (χ1v) is 10.1. The van der Waals surface area contributed by atoms with Crippen LogP contribution in [0, 0.1) is 0 Å². The van der Waals surface area contributed by atoms with E-state index in [-0.39, 0.29) is 6.10 Å². The molecule has 1 heterocycles. The van der Waals surface area contributed by atoms with Gasteiger partial charge in [-0.05, 0) is 44.5 Å². The predicted octanol–water partition coefficient (Wildman–Crippen LogP) is 4.36. The van der Waals surface area contributed by atoms with Crippen LogP contribution in [0.15, 0.2) is 24.3 Å². The molecule has 4 heteroatoms. The van der Waals surface area contributed by atoms with Gasteiger partial charge >= 0.3 is 0 Å². The van der Waals surface area contributed by atoms with Gasteiger partial charge in [0.25, 0.3) is 0 Å². The lowest BCUT2D eigenvalue weighted by Crippen LogP contribution is -2.34. The van der Waals surface area contributed by atoms with Crippen molar-refractivity contribution < 1.29 is 4.74 Å². The number of nitrogens with one attached hydrogen (secondary N) is 1. The number of benzene rings is 1. The topological polar surface area (TPSA) is 21.3 Å². The third-order valence-electron chi connectivity index (χ3n) is 3.44. The molecular weight excluding hydrogens is 298 g/mol. The molecule has 2 unspecified atom stereocenters. The van der Waals surface area contributed by atoms with E-state index in [4.69, 9.17) is 4.74 Å². The molecular formula is C17H27NOS2. The molecule has 0 spiro atoms. The van der Waals surface area contributed by atoms with Crippen molar-refractivity contribution in [2.45, 2.75) is 44.6 Å². The van der Waals surface area contributed by atoms with Crippen LogP contribution in [0.2, 0.25) is 0 Å². The third-order valence-corrected chi connectivity index (χ3v) is 6.30. The minimum absolute atomic E-state index is 0.232. The maximum atomic E-state index is 5.75. The molecule has 2 atom stereocenters. The van der Waals surface area contributed by atoms with Gasteiger partial charge in [-0.3, -0.25) is 0 Å². The van der Waals surface area contributed by atoms with Crippen molar-refractivity contribution in [2.24, 2.45) is 0 Å². The first kappa shape index (κ1) is 17.0. The van der Waals surface area contributed by atoms with Gasteiger partial charge in [0.05, 0.1) is 6.10 Å². The van der Waals surface area contributed by atoms with Gasteiger partial charge in [0, 0.05) is 28.6 Å². The Morgan fingerprint density at radius 2 is 2.00 bits per heavy atom. The highest BCUT2D eigenvalue weighted by atomic mass is 32.2. The van der Waals surface area contributed by atoms with Crippen LogP contribution in [-0.2, 0) is 0 Å². The summed E-state index contributed by atoms with van der Waals surface area (Å²) in [6, 6.07) is 9.12. The minimum atomic E-state index is 0.232. The van der Waals surface area contributed by atoms with Crippen LogP contribution >= 0.6 is 23.5 Å². The van der Waals surface area contributed by atoms with E-state index in [0.29, 0.717) is 11.3 Å². The molecule has 1 N–H and O–H groups in total. The van der Waals surface area contributed by atoms with Crippen molar-refractivity contribution in [3.63, 3.8) is 0 Å². The lowest BCUT2D eigenvalue weighted by atomic mass is 10.0. The van der Waals surface area contributed by atoms with Crippen molar-refractivity contribution in [1.82, 2.24) is 5.32 Å². The van der Waals surface area contributed by atoms with Gasteiger partial charge in [-0.25, -0.2) is 0 Å². The van der Waals surface area contributed by atoms with Gasteiger partial charge in [0.1, 0.15) is 5.75 Å². The monoisotopic (exact) mass is 325 g/mol. The van der Waals surface area contributed by atoms with E-state index in [1.165, 1.54) is 29.2 Å². The van der Waals surface area contributed by atoms with E-state index in [1.807, 2.05) is 0 Å². The first-order chi connectivity index (χ1) is 10.2. The summed E-state index contributed by atoms with van der Waals surface area (Å²) in [5.41, 5.74) is 1.39. The van der Waals surface area contributed by atoms with Crippen LogP contribution in [-0.4, -0.2) is 35.2 Å². The summed E-state index contributed by atoms with van der Waals surface area (Å²) >= 11 is 4.20. The Morgan fingerprint density at radius 1 is 1.24 bits per heavy atom. The Bertz CT molecular complexity index is 402. The number of ether oxygens (including phenoxy) is 1. The second-order valence-electron chi connectivity index (χ2n) is 5.65. The highest BCUT2D eigenvalue weighted by molar-refractivity contribution is 8.06. The summed E-state index contributed by atoms with van der Waals surface area (Å²) in [6.07, 6.45) is 1.41. The van der Waals surface area contributed by atoms with Crippen LogP contribution in [0.3, 0.4) is 0 Å². The number of hydrogen-bond donors (Lipinski definition) is 1. The lowest BCUT2D eigenvalue weighted by Gasteiger charge is -2.31. The largest absolute Gasteiger partial charge is 0.491 e. The lowest BCUT2D eigenvalue weighted by molar-refractivity contribution is 0.242. The summed E-state index contributed by atoms with van der Waals surface area (Å²) < 4.78 is 5.75. The van der Waals surface area contributed by atoms with Gasteiger partial charge in [-0.1, -0.05) is 19.1 Å². The highest BCUT2D eigenvalue weighted by Gasteiger charge is 2.25.